The number of rotatable bonds is 4. The van der Waals surface area contributed by atoms with Crippen LogP contribution in [0.4, 0.5) is 4.79 Å². The highest BCUT2D eigenvalue weighted by Gasteiger charge is 2.19. The van der Waals surface area contributed by atoms with E-state index in [1.165, 1.54) is 11.1 Å². The Bertz CT molecular complexity index is 395. The maximum Gasteiger partial charge on any atom is 0.312 e. The van der Waals surface area contributed by atoms with Gasteiger partial charge in [-0.05, 0) is 11.1 Å². The van der Waals surface area contributed by atoms with E-state index >= 15 is 0 Å². The van der Waals surface area contributed by atoms with E-state index < -0.39 is 6.03 Å². The van der Waals surface area contributed by atoms with E-state index in [0.29, 0.717) is 26.3 Å². The fourth-order valence-corrected chi connectivity index (χ4v) is 1.98. The van der Waals surface area contributed by atoms with E-state index in [1.807, 2.05) is 12.1 Å². The number of hydrogen-bond donors (Lipinski definition) is 3. The van der Waals surface area contributed by atoms with Crippen molar-refractivity contribution >= 4 is 6.03 Å². The number of benzene rings is 1. The number of primary amides is 1. The highest BCUT2D eigenvalue weighted by Crippen LogP contribution is 2.23. The van der Waals surface area contributed by atoms with Crippen LogP contribution >= 0.6 is 0 Å². The lowest BCUT2D eigenvalue weighted by atomic mass is 9.99. The second-order valence-corrected chi connectivity index (χ2v) is 4.01. The molecule has 0 saturated heterocycles. The first-order valence-corrected chi connectivity index (χ1v) is 5.69. The minimum atomic E-state index is -0.493. The van der Waals surface area contributed by atoms with Crippen molar-refractivity contribution in [3.05, 3.63) is 35.4 Å². The molecule has 0 fully saturated rings. The van der Waals surface area contributed by atoms with E-state index in [-0.39, 0.29) is 6.04 Å². The molecule has 1 heterocycles. The van der Waals surface area contributed by atoms with Gasteiger partial charge in [0.25, 0.3) is 0 Å². The fraction of sp³-hybridized carbons (Fsp3) is 0.417. The zero-order valence-electron chi connectivity index (χ0n) is 9.61. The predicted molar refractivity (Wildman–Crippen MR) is 64.4 cm³/mol. The minimum Gasteiger partial charge on any atom is -0.375 e. The van der Waals surface area contributed by atoms with Gasteiger partial charge in [0.1, 0.15) is 0 Å². The van der Waals surface area contributed by atoms with Crippen LogP contribution in [0.25, 0.3) is 0 Å². The third kappa shape index (κ3) is 3.18. The van der Waals surface area contributed by atoms with Gasteiger partial charge >= 0.3 is 6.03 Å². The molecule has 0 radical (unpaired) electrons. The van der Waals surface area contributed by atoms with Gasteiger partial charge in [0.2, 0.25) is 0 Å². The molecule has 1 aliphatic rings. The molecule has 0 aliphatic carbocycles. The molecule has 5 nitrogen and oxygen atoms in total. The first-order chi connectivity index (χ1) is 8.27. The molecule has 2 amide bonds. The molecule has 1 atom stereocenters. The Morgan fingerprint density at radius 1 is 1.41 bits per heavy atom. The molecule has 0 saturated carbocycles. The monoisotopic (exact) mass is 235 g/mol. The highest BCUT2D eigenvalue weighted by atomic mass is 16.5. The summed E-state index contributed by atoms with van der Waals surface area (Å²) in [5.74, 6) is 0. The highest BCUT2D eigenvalue weighted by molar-refractivity contribution is 5.71. The van der Waals surface area contributed by atoms with Gasteiger partial charge in [-0.25, -0.2) is 4.79 Å². The number of fused-ring (bicyclic) bond motifs is 1. The van der Waals surface area contributed by atoms with Crippen LogP contribution in [0.1, 0.15) is 17.2 Å². The van der Waals surface area contributed by atoms with Crippen LogP contribution in [0.3, 0.4) is 0 Å². The summed E-state index contributed by atoms with van der Waals surface area (Å²) in [4.78, 5) is 10.5. The molecule has 5 heteroatoms. The van der Waals surface area contributed by atoms with Crippen molar-refractivity contribution in [3.8, 4) is 0 Å². The SMILES string of the molecule is NC(=O)NCCNC1COCc2ccccc21. The van der Waals surface area contributed by atoms with Crippen molar-refractivity contribution in [2.24, 2.45) is 5.73 Å². The molecule has 0 aromatic heterocycles. The molecule has 1 aromatic rings. The van der Waals surface area contributed by atoms with Crippen molar-refractivity contribution in [2.45, 2.75) is 12.6 Å². The summed E-state index contributed by atoms with van der Waals surface area (Å²) in [5, 5.41) is 5.88. The summed E-state index contributed by atoms with van der Waals surface area (Å²) < 4.78 is 5.51. The van der Waals surface area contributed by atoms with Gasteiger partial charge in [-0.1, -0.05) is 24.3 Å². The van der Waals surface area contributed by atoms with Crippen molar-refractivity contribution in [1.29, 1.82) is 0 Å². The van der Waals surface area contributed by atoms with Gasteiger partial charge in [0.05, 0.1) is 19.3 Å². The van der Waals surface area contributed by atoms with Crippen LogP contribution in [0.15, 0.2) is 24.3 Å². The number of nitrogens with one attached hydrogen (secondary N) is 2. The van der Waals surface area contributed by atoms with Gasteiger partial charge in [-0.15, -0.1) is 0 Å². The lowest BCUT2D eigenvalue weighted by molar-refractivity contribution is 0.0824. The number of hydrogen-bond acceptors (Lipinski definition) is 3. The largest absolute Gasteiger partial charge is 0.375 e. The average molecular weight is 235 g/mol. The molecule has 4 N–H and O–H groups in total. The van der Waals surface area contributed by atoms with Crippen molar-refractivity contribution in [2.75, 3.05) is 19.7 Å². The lowest BCUT2D eigenvalue weighted by Gasteiger charge is -2.26. The Morgan fingerprint density at radius 2 is 2.24 bits per heavy atom. The van der Waals surface area contributed by atoms with Crippen LogP contribution in [0.5, 0.6) is 0 Å². The van der Waals surface area contributed by atoms with Crippen molar-refractivity contribution < 1.29 is 9.53 Å². The Balaban J connectivity index is 1.88. The molecule has 0 bridgehead atoms. The number of ether oxygens (including phenoxy) is 1. The maximum atomic E-state index is 10.5. The van der Waals surface area contributed by atoms with Crippen molar-refractivity contribution in [1.82, 2.24) is 10.6 Å². The van der Waals surface area contributed by atoms with Gasteiger partial charge in [0, 0.05) is 13.1 Å². The van der Waals surface area contributed by atoms with Crippen LogP contribution in [0.2, 0.25) is 0 Å². The summed E-state index contributed by atoms with van der Waals surface area (Å²) in [6.07, 6.45) is 0. The third-order valence-corrected chi connectivity index (χ3v) is 2.79. The molecule has 2 rings (SSSR count). The zero-order chi connectivity index (χ0) is 12.1. The molecular formula is C12H17N3O2. The van der Waals surface area contributed by atoms with Crippen LogP contribution in [0, 0.1) is 0 Å². The van der Waals surface area contributed by atoms with E-state index in [4.69, 9.17) is 10.5 Å². The van der Waals surface area contributed by atoms with Gasteiger partial charge in [0.15, 0.2) is 0 Å². The summed E-state index contributed by atoms with van der Waals surface area (Å²) in [6, 6.07) is 7.92. The predicted octanol–water partition coefficient (Wildman–Crippen LogP) is 0.516. The number of amides is 2. The van der Waals surface area contributed by atoms with Gasteiger partial charge < -0.3 is 21.1 Å². The van der Waals surface area contributed by atoms with Crippen LogP contribution in [-0.2, 0) is 11.3 Å². The molecule has 1 unspecified atom stereocenters. The van der Waals surface area contributed by atoms with Crippen LogP contribution < -0.4 is 16.4 Å². The number of carbonyl (C=O) groups excluding carboxylic acids is 1. The van der Waals surface area contributed by atoms with E-state index in [0.717, 1.165) is 0 Å². The minimum absolute atomic E-state index is 0.189. The Labute approximate surface area is 100 Å². The first kappa shape index (κ1) is 11.9. The van der Waals surface area contributed by atoms with Gasteiger partial charge in [-0.3, -0.25) is 0 Å². The fourth-order valence-electron chi connectivity index (χ4n) is 1.98. The standard InChI is InChI=1S/C12H17N3O2/c13-12(16)15-6-5-14-11-8-17-7-9-3-1-2-4-10(9)11/h1-4,11,14H,5-8H2,(H3,13,15,16). The average Bonchev–Trinajstić information content (AvgIpc) is 2.34. The Kier molecular flexibility index (Phi) is 3.95. The molecule has 92 valence electrons. The van der Waals surface area contributed by atoms with E-state index in [1.54, 1.807) is 0 Å². The summed E-state index contributed by atoms with van der Waals surface area (Å²) in [5.41, 5.74) is 7.48. The quantitative estimate of drug-likeness (QED) is 0.666. The first-order valence-electron chi connectivity index (χ1n) is 5.69. The van der Waals surface area contributed by atoms with E-state index in [9.17, 15) is 4.79 Å². The third-order valence-electron chi connectivity index (χ3n) is 2.79. The molecular weight excluding hydrogens is 218 g/mol. The molecule has 0 spiro atoms. The normalized spacial score (nSPS) is 18.5. The van der Waals surface area contributed by atoms with Gasteiger partial charge in [-0.2, -0.15) is 0 Å². The summed E-state index contributed by atoms with van der Waals surface area (Å²) in [7, 11) is 0. The lowest BCUT2D eigenvalue weighted by Crippen LogP contribution is -2.38. The number of carbonyl (C=O) groups is 1. The van der Waals surface area contributed by atoms with Crippen LogP contribution in [-0.4, -0.2) is 25.7 Å². The molecule has 1 aliphatic heterocycles. The summed E-state index contributed by atoms with van der Waals surface area (Å²) in [6.45, 7) is 2.53. The smallest absolute Gasteiger partial charge is 0.312 e. The zero-order valence-corrected chi connectivity index (χ0v) is 9.61. The topological polar surface area (TPSA) is 76.4 Å². The number of urea groups is 1. The summed E-state index contributed by atoms with van der Waals surface area (Å²) >= 11 is 0. The second kappa shape index (κ2) is 5.65. The van der Waals surface area contributed by atoms with Crippen molar-refractivity contribution in [3.63, 3.8) is 0 Å². The Morgan fingerprint density at radius 3 is 3.06 bits per heavy atom. The van der Waals surface area contributed by atoms with E-state index in [2.05, 4.69) is 22.8 Å². The molecule has 1 aromatic carbocycles. The molecule has 17 heavy (non-hydrogen) atoms. The number of nitrogens with two attached hydrogens (primary N) is 1. The Hall–Kier alpha value is -1.59. The second-order valence-electron chi connectivity index (χ2n) is 4.01. The maximum absolute atomic E-state index is 10.5.